The molecular weight excluding hydrogens is 446 g/mol. The van der Waals surface area contributed by atoms with E-state index in [0.717, 1.165) is 25.7 Å². The maximum Gasteiger partial charge on any atom is 0.337 e. The van der Waals surface area contributed by atoms with Gasteiger partial charge in [0, 0.05) is 17.8 Å². The van der Waals surface area contributed by atoms with E-state index in [0.29, 0.717) is 20.9 Å². The molecule has 0 spiro atoms. The molecule has 9 heteroatoms. The quantitative estimate of drug-likeness (QED) is 0.687. The number of nitrogens with zero attached hydrogens (tertiary/aromatic N) is 2. The summed E-state index contributed by atoms with van der Waals surface area (Å²) in [6.07, 6.45) is 4.04. The second-order valence-electron chi connectivity index (χ2n) is 6.72. The SMILES string of the molecule is Br.COC(=O)c1ccc(NC(=O)c2cc(=O)n(C3CC3)c(=NC3CC3)s2)cc1. The lowest BCUT2D eigenvalue weighted by molar-refractivity contribution is 0.0600. The van der Waals surface area contributed by atoms with Gasteiger partial charge >= 0.3 is 5.97 Å². The number of hydrogen-bond acceptors (Lipinski definition) is 6. The van der Waals surface area contributed by atoms with Crippen LogP contribution in [0.25, 0.3) is 0 Å². The maximum absolute atomic E-state index is 12.6. The number of ether oxygens (including phenoxy) is 1. The number of nitrogens with one attached hydrogen (secondary N) is 1. The van der Waals surface area contributed by atoms with Gasteiger partial charge in [-0.3, -0.25) is 19.1 Å². The summed E-state index contributed by atoms with van der Waals surface area (Å²) < 4.78 is 6.38. The van der Waals surface area contributed by atoms with E-state index < -0.39 is 5.97 Å². The van der Waals surface area contributed by atoms with Gasteiger partial charge in [0.25, 0.3) is 11.5 Å². The fourth-order valence-corrected chi connectivity index (χ4v) is 3.72. The van der Waals surface area contributed by atoms with Crippen molar-refractivity contribution in [1.82, 2.24) is 4.57 Å². The first-order valence-corrected chi connectivity index (χ1v) is 9.67. The smallest absolute Gasteiger partial charge is 0.337 e. The van der Waals surface area contributed by atoms with Gasteiger partial charge in [0.1, 0.15) is 4.88 Å². The molecule has 1 aromatic carbocycles. The first-order chi connectivity index (χ1) is 13.0. The van der Waals surface area contributed by atoms with Gasteiger partial charge in [0.2, 0.25) is 0 Å². The molecule has 2 aromatic rings. The number of anilines is 1. The van der Waals surface area contributed by atoms with Crippen LogP contribution in [0.1, 0.15) is 51.8 Å². The molecule has 148 valence electrons. The molecule has 0 unspecified atom stereocenters. The molecule has 2 saturated carbocycles. The highest BCUT2D eigenvalue weighted by molar-refractivity contribution is 8.93. The first-order valence-electron chi connectivity index (χ1n) is 8.85. The van der Waals surface area contributed by atoms with Crippen LogP contribution in [-0.2, 0) is 4.74 Å². The summed E-state index contributed by atoms with van der Waals surface area (Å²) in [5.74, 6) is -0.803. The van der Waals surface area contributed by atoms with E-state index >= 15 is 0 Å². The average molecular weight is 466 g/mol. The molecule has 1 heterocycles. The van der Waals surface area contributed by atoms with Crippen LogP contribution in [0.3, 0.4) is 0 Å². The Morgan fingerprint density at radius 2 is 1.86 bits per heavy atom. The highest BCUT2D eigenvalue weighted by atomic mass is 79.9. The molecule has 7 nitrogen and oxygen atoms in total. The summed E-state index contributed by atoms with van der Waals surface area (Å²) in [7, 11) is 1.31. The summed E-state index contributed by atoms with van der Waals surface area (Å²) in [4.78, 5) is 42.2. The Kier molecular flexibility index (Phi) is 6.14. The van der Waals surface area contributed by atoms with Crippen molar-refractivity contribution in [2.24, 2.45) is 4.99 Å². The molecule has 1 amide bonds. The van der Waals surface area contributed by atoms with Crippen LogP contribution in [0.4, 0.5) is 5.69 Å². The van der Waals surface area contributed by atoms with E-state index in [1.807, 2.05) is 0 Å². The summed E-state index contributed by atoms with van der Waals surface area (Å²) in [5.41, 5.74) is 0.754. The molecule has 28 heavy (non-hydrogen) atoms. The van der Waals surface area contributed by atoms with E-state index in [4.69, 9.17) is 0 Å². The molecule has 2 fully saturated rings. The summed E-state index contributed by atoms with van der Waals surface area (Å²) in [6, 6.07) is 8.26. The highest BCUT2D eigenvalue weighted by Gasteiger charge is 2.28. The van der Waals surface area contributed by atoms with Crippen molar-refractivity contribution < 1.29 is 14.3 Å². The Bertz CT molecular complexity index is 1020. The van der Waals surface area contributed by atoms with Crippen LogP contribution < -0.4 is 15.7 Å². The van der Waals surface area contributed by atoms with Gasteiger partial charge in [0.05, 0.1) is 18.7 Å². The largest absolute Gasteiger partial charge is 0.465 e. The van der Waals surface area contributed by atoms with Crippen LogP contribution in [0.15, 0.2) is 40.1 Å². The third-order valence-corrected chi connectivity index (χ3v) is 5.45. The van der Waals surface area contributed by atoms with Crippen molar-refractivity contribution in [3.05, 3.63) is 55.9 Å². The van der Waals surface area contributed by atoms with Crippen molar-refractivity contribution >= 4 is 45.9 Å². The van der Waals surface area contributed by atoms with Gasteiger partial charge in [-0.15, -0.1) is 17.0 Å². The third-order valence-electron chi connectivity index (χ3n) is 4.44. The Balaban J connectivity index is 0.00000225. The van der Waals surface area contributed by atoms with E-state index in [9.17, 15) is 14.4 Å². The normalized spacial score (nSPS) is 16.2. The van der Waals surface area contributed by atoms with E-state index in [1.54, 1.807) is 28.8 Å². The van der Waals surface area contributed by atoms with Crippen LogP contribution in [0.5, 0.6) is 0 Å². The predicted octanol–water partition coefficient (Wildman–Crippen LogP) is 2.92. The maximum atomic E-state index is 12.6. The standard InChI is InChI=1S/C19H19N3O4S.BrH/c1-26-18(25)11-2-4-12(5-3-11)20-17(24)15-10-16(23)22(14-8-9-14)19(27-15)21-13-6-7-13;/h2-5,10,13-14H,6-9H2,1H3,(H,20,24);1H. The lowest BCUT2D eigenvalue weighted by Gasteiger charge is -2.08. The predicted molar refractivity (Wildman–Crippen MR) is 111 cm³/mol. The minimum absolute atomic E-state index is 0. The van der Waals surface area contributed by atoms with Gasteiger partial charge in [-0.1, -0.05) is 11.3 Å². The average Bonchev–Trinajstić information content (AvgIpc) is 3.56. The highest BCUT2D eigenvalue weighted by Crippen LogP contribution is 2.32. The molecule has 0 saturated heterocycles. The number of hydrogen-bond donors (Lipinski definition) is 1. The van der Waals surface area contributed by atoms with Crippen molar-refractivity contribution in [2.75, 3.05) is 12.4 Å². The number of aromatic nitrogens is 1. The molecule has 0 radical (unpaired) electrons. The first kappa shape index (κ1) is 20.5. The van der Waals surface area contributed by atoms with Crippen LogP contribution >= 0.6 is 28.3 Å². The Labute approximate surface area is 175 Å². The fourth-order valence-electron chi connectivity index (χ4n) is 2.68. The summed E-state index contributed by atoms with van der Waals surface area (Å²) >= 11 is 1.25. The number of methoxy groups -OCH3 is 1. The number of amides is 1. The second-order valence-corrected chi connectivity index (χ2v) is 7.73. The molecule has 2 aliphatic rings. The third kappa shape index (κ3) is 4.59. The molecule has 0 aliphatic heterocycles. The van der Waals surface area contributed by atoms with Gasteiger partial charge in [-0.2, -0.15) is 0 Å². The molecule has 1 N–H and O–H groups in total. The lowest BCUT2D eigenvalue weighted by Crippen LogP contribution is -2.32. The van der Waals surface area contributed by atoms with Crippen LogP contribution in [0, 0.1) is 0 Å². The fraction of sp³-hybridized carbons (Fsp3) is 0.368. The lowest BCUT2D eigenvalue weighted by atomic mass is 10.2. The van der Waals surface area contributed by atoms with Crippen LogP contribution in [0.2, 0.25) is 0 Å². The van der Waals surface area contributed by atoms with Crippen molar-refractivity contribution in [3.63, 3.8) is 0 Å². The minimum atomic E-state index is -0.440. The summed E-state index contributed by atoms with van der Waals surface area (Å²) in [5, 5.41) is 2.76. The minimum Gasteiger partial charge on any atom is -0.465 e. The summed E-state index contributed by atoms with van der Waals surface area (Å²) in [6.45, 7) is 0. The zero-order chi connectivity index (χ0) is 19.0. The number of carbonyl (C=O) groups is 2. The Morgan fingerprint density at radius 3 is 2.43 bits per heavy atom. The van der Waals surface area contributed by atoms with E-state index in [-0.39, 0.29) is 40.5 Å². The van der Waals surface area contributed by atoms with Crippen molar-refractivity contribution in [1.29, 1.82) is 0 Å². The zero-order valence-electron chi connectivity index (χ0n) is 15.2. The van der Waals surface area contributed by atoms with Crippen molar-refractivity contribution in [2.45, 2.75) is 37.8 Å². The number of carbonyl (C=O) groups excluding carboxylic acids is 2. The second kappa shape index (κ2) is 8.40. The number of rotatable bonds is 5. The number of halogens is 1. The van der Waals surface area contributed by atoms with Gasteiger partial charge in [-0.25, -0.2) is 4.79 Å². The van der Waals surface area contributed by atoms with Crippen molar-refractivity contribution in [3.8, 4) is 0 Å². The molecule has 0 atom stereocenters. The van der Waals surface area contributed by atoms with Crippen LogP contribution in [-0.4, -0.2) is 29.6 Å². The molecule has 1 aromatic heterocycles. The van der Waals surface area contributed by atoms with E-state index in [1.165, 1.54) is 24.5 Å². The van der Waals surface area contributed by atoms with Gasteiger partial charge in [0.15, 0.2) is 4.80 Å². The molecule has 0 bridgehead atoms. The Hall–Kier alpha value is -2.26. The molecule has 2 aliphatic carbocycles. The van der Waals surface area contributed by atoms with Gasteiger partial charge in [-0.05, 0) is 49.9 Å². The van der Waals surface area contributed by atoms with E-state index in [2.05, 4.69) is 15.0 Å². The van der Waals surface area contributed by atoms with Gasteiger partial charge < -0.3 is 10.1 Å². The number of benzene rings is 1. The topological polar surface area (TPSA) is 89.8 Å². The molecule has 4 rings (SSSR count). The zero-order valence-corrected chi connectivity index (χ0v) is 17.7. The Morgan fingerprint density at radius 1 is 1.18 bits per heavy atom. The monoisotopic (exact) mass is 465 g/mol. The number of esters is 1. The molecular formula is C19H20BrN3O4S.